The third-order valence-corrected chi connectivity index (χ3v) is 9.58. The molecule has 1 fully saturated rings. The van der Waals surface area contributed by atoms with Gasteiger partial charge in [-0.2, -0.15) is 8.42 Å². The second kappa shape index (κ2) is 10.5. The second-order valence-corrected chi connectivity index (χ2v) is 14.9. The fraction of sp³-hybridized carbons (Fsp3) is 0.467. The van der Waals surface area contributed by atoms with Crippen LogP contribution in [0.3, 0.4) is 0 Å². The van der Waals surface area contributed by atoms with Crippen LogP contribution >= 0.6 is 11.6 Å². The number of carbonyl (C=O) groups excluding carboxylic acids is 1. The quantitative estimate of drug-likeness (QED) is 0.365. The van der Waals surface area contributed by atoms with Gasteiger partial charge >= 0.3 is 0 Å². The molecule has 0 spiro atoms. The Hall–Kier alpha value is -3.24. The molecule has 3 aromatic heterocycles. The summed E-state index contributed by atoms with van der Waals surface area (Å²) in [7, 11) is -4.28. The van der Waals surface area contributed by atoms with Crippen molar-refractivity contribution in [3.63, 3.8) is 0 Å². The minimum Gasteiger partial charge on any atom is -0.362 e. The van der Waals surface area contributed by atoms with Crippen LogP contribution in [-0.2, 0) is 15.4 Å². The molecule has 1 saturated heterocycles. The summed E-state index contributed by atoms with van der Waals surface area (Å²) in [4.78, 5) is 29.7. The van der Waals surface area contributed by atoms with Gasteiger partial charge in [0.1, 0.15) is 11.6 Å². The summed E-state index contributed by atoms with van der Waals surface area (Å²) in [6.07, 6.45) is 3.21. The molecule has 4 bridgehead atoms. The van der Waals surface area contributed by atoms with Crippen LogP contribution in [0, 0.1) is 11.8 Å². The minimum atomic E-state index is -4.28. The fourth-order valence-corrected chi connectivity index (χ4v) is 6.81. The van der Waals surface area contributed by atoms with Gasteiger partial charge in [0, 0.05) is 29.4 Å². The number of hydrogen-bond donors (Lipinski definition) is 2. The van der Waals surface area contributed by atoms with Gasteiger partial charge < -0.3 is 10.2 Å². The number of sulfonamides is 1. The molecule has 218 valence electrons. The summed E-state index contributed by atoms with van der Waals surface area (Å²) in [6.45, 7) is 13.4. The maximum atomic E-state index is 13.6. The predicted octanol–water partition coefficient (Wildman–Crippen LogP) is 5.74. The van der Waals surface area contributed by atoms with E-state index in [4.69, 9.17) is 16.6 Å². The van der Waals surface area contributed by atoms with Gasteiger partial charge in [0.15, 0.2) is 5.03 Å². The zero-order valence-electron chi connectivity index (χ0n) is 24.3. The summed E-state index contributed by atoms with van der Waals surface area (Å²) < 4.78 is 29.0. The Labute approximate surface area is 247 Å². The van der Waals surface area contributed by atoms with Crippen LogP contribution in [0.4, 0.5) is 11.6 Å². The molecule has 2 N–H and O–H groups in total. The molecule has 9 nitrogen and oxygen atoms in total. The van der Waals surface area contributed by atoms with Crippen molar-refractivity contribution in [3.8, 4) is 0 Å². The molecule has 2 aliphatic rings. The molecule has 1 unspecified atom stereocenters. The molecule has 1 amide bonds. The Bertz CT molecular complexity index is 1570. The number of nitrogens with zero attached hydrogens (tertiary/aromatic N) is 4. The molecule has 11 heteroatoms. The maximum Gasteiger partial charge on any atom is 0.281 e. The van der Waals surface area contributed by atoms with Crippen molar-refractivity contribution in [1.29, 1.82) is 0 Å². The van der Waals surface area contributed by atoms with Gasteiger partial charge in [0.05, 0.1) is 22.3 Å². The molecule has 0 radical (unpaired) electrons. The molecular weight excluding hydrogens is 560 g/mol. The number of pyridine rings is 3. The summed E-state index contributed by atoms with van der Waals surface area (Å²) in [5.74, 6) is 0.656. The van der Waals surface area contributed by atoms with Crippen LogP contribution < -0.4 is 14.9 Å². The number of anilines is 2. The standard InChI is InChI=1S/C30H37ClN6O3S/c1-18-14-23(22-12-10-20(31)16-32-22)33-25-8-7-9-26(35-25)41(39,40)36-28(38)21-11-13-24(29(2,3)4)34-27(21)37-17-19(18)15-30(37,5)6/h7-13,16,18-19,23H,14-15,17H2,1-6H3,(H,33,35)(H,36,38)/t18-,19-,23?/m0/s1. The lowest BCUT2D eigenvalue weighted by Gasteiger charge is -2.34. The first-order valence-corrected chi connectivity index (χ1v) is 15.7. The second-order valence-electron chi connectivity index (χ2n) is 12.8. The zero-order chi connectivity index (χ0) is 29.7. The van der Waals surface area contributed by atoms with Crippen LogP contribution in [0.1, 0.15) is 82.2 Å². The van der Waals surface area contributed by atoms with E-state index in [1.807, 2.05) is 6.07 Å². The first kappa shape index (κ1) is 29.3. The number of aromatic nitrogens is 3. The molecule has 5 rings (SSSR count). The molecule has 5 heterocycles. The number of amides is 1. The largest absolute Gasteiger partial charge is 0.362 e. The Morgan fingerprint density at radius 2 is 1.83 bits per heavy atom. The highest BCUT2D eigenvalue weighted by Gasteiger charge is 2.43. The SMILES string of the molecule is C[C@H]1CC(c2ccc(Cl)cn2)Nc2cccc(n2)S(=O)(=O)NC(=O)c2ccc(C(C)(C)C)nc2N2C[C@@H]1CC2(C)C. The number of rotatable bonds is 1. The normalized spacial score (nSPS) is 23.9. The van der Waals surface area contributed by atoms with Crippen molar-refractivity contribution >= 4 is 39.2 Å². The number of hydrogen-bond acceptors (Lipinski definition) is 8. The lowest BCUT2D eigenvalue weighted by Crippen LogP contribution is -2.41. The zero-order valence-corrected chi connectivity index (χ0v) is 25.8. The van der Waals surface area contributed by atoms with Gasteiger partial charge in [-0.05, 0) is 74.9 Å². The monoisotopic (exact) mass is 596 g/mol. The molecule has 0 aromatic carbocycles. The van der Waals surface area contributed by atoms with Gasteiger partial charge in [-0.25, -0.2) is 14.7 Å². The molecule has 0 aliphatic carbocycles. The van der Waals surface area contributed by atoms with Crippen molar-refractivity contribution in [2.75, 3.05) is 16.8 Å². The molecule has 3 atom stereocenters. The van der Waals surface area contributed by atoms with Crippen LogP contribution in [0.25, 0.3) is 0 Å². The maximum absolute atomic E-state index is 13.6. The van der Waals surface area contributed by atoms with E-state index >= 15 is 0 Å². The van der Waals surface area contributed by atoms with E-state index in [1.54, 1.807) is 36.5 Å². The Morgan fingerprint density at radius 3 is 2.51 bits per heavy atom. The first-order valence-electron chi connectivity index (χ1n) is 13.9. The van der Waals surface area contributed by atoms with E-state index in [2.05, 4.69) is 66.4 Å². The Morgan fingerprint density at radius 1 is 1.07 bits per heavy atom. The first-order chi connectivity index (χ1) is 19.1. The van der Waals surface area contributed by atoms with E-state index in [1.165, 1.54) is 6.07 Å². The number of halogens is 1. The number of fused-ring (bicyclic) bond motifs is 6. The Balaban J connectivity index is 1.66. The molecule has 2 aliphatic heterocycles. The van der Waals surface area contributed by atoms with E-state index in [-0.39, 0.29) is 39.4 Å². The van der Waals surface area contributed by atoms with Crippen molar-refractivity contribution in [2.45, 2.75) is 76.4 Å². The minimum absolute atomic E-state index is 0.218. The average molecular weight is 597 g/mol. The highest BCUT2D eigenvalue weighted by molar-refractivity contribution is 7.90. The summed E-state index contributed by atoms with van der Waals surface area (Å²) in [5.41, 5.74) is 1.24. The van der Waals surface area contributed by atoms with Crippen LogP contribution in [0.5, 0.6) is 0 Å². The van der Waals surface area contributed by atoms with Crippen LogP contribution in [0.15, 0.2) is 53.7 Å². The Kier molecular flexibility index (Phi) is 7.53. The van der Waals surface area contributed by atoms with Gasteiger partial charge in [0.25, 0.3) is 15.9 Å². The molecule has 41 heavy (non-hydrogen) atoms. The van der Waals surface area contributed by atoms with E-state index in [0.717, 1.165) is 24.2 Å². The molecule has 3 aromatic rings. The molecular formula is C30H37ClN6O3S. The highest BCUT2D eigenvalue weighted by Crippen LogP contribution is 2.43. The van der Waals surface area contributed by atoms with Gasteiger partial charge in [-0.15, -0.1) is 0 Å². The van der Waals surface area contributed by atoms with Crippen molar-refractivity contribution in [1.82, 2.24) is 19.7 Å². The van der Waals surface area contributed by atoms with Crippen molar-refractivity contribution < 1.29 is 13.2 Å². The smallest absolute Gasteiger partial charge is 0.281 e. The van der Waals surface area contributed by atoms with E-state index < -0.39 is 15.9 Å². The third-order valence-electron chi connectivity index (χ3n) is 8.12. The predicted molar refractivity (Wildman–Crippen MR) is 161 cm³/mol. The summed E-state index contributed by atoms with van der Waals surface area (Å²) in [6, 6.07) is 11.6. The lowest BCUT2D eigenvalue weighted by molar-refractivity contribution is 0.0981. The summed E-state index contributed by atoms with van der Waals surface area (Å²) in [5, 5.41) is 3.68. The highest BCUT2D eigenvalue weighted by atomic mass is 35.5. The van der Waals surface area contributed by atoms with Crippen LogP contribution in [-0.4, -0.2) is 41.4 Å². The fourth-order valence-electron chi connectivity index (χ4n) is 5.77. The van der Waals surface area contributed by atoms with Gasteiger partial charge in [-0.1, -0.05) is 45.4 Å². The van der Waals surface area contributed by atoms with E-state index in [0.29, 0.717) is 23.2 Å². The average Bonchev–Trinajstić information content (AvgIpc) is 3.22. The third kappa shape index (κ3) is 6.04. The van der Waals surface area contributed by atoms with Crippen molar-refractivity contribution in [2.24, 2.45) is 11.8 Å². The number of nitrogens with one attached hydrogen (secondary N) is 2. The topological polar surface area (TPSA) is 117 Å². The van der Waals surface area contributed by atoms with Crippen molar-refractivity contribution in [3.05, 3.63) is 70.6 Å². The van der Waals surface area contributed by atoms with Gasteiger partial charge in [0.2, 0.25) is 0 Å². The van der Waals surface area contributed by atoms with Gasteiger partial charge in [-0.3, -0.25) is 9.78 Å². The van der Waals surface area contributed by atoms with E-state index in [9.17, 15) is 13.2 Å². The number of carbonyl (C=O) groups is 1. The lowest BCUT2D eigenvalue weighted by atomic mass is 9.83. The van der Waals surface area contributed by atoms with Crippen LogP contribution in [0.2, 0.25) is 5.02 Å². The molecule has 0 saturated carbocycles. The summed E-state index contributed by atoms with van der Waals surface area (Å²) >= 11 is 6.13.